The Morgan fingerprint density at radius 2 is 1.11 bits per heavy atom. The Hall–Kier alpha value is -1.96. The molecule has 2 N–H and O–H groups in total. The van der Waals surface area contributed by atoms with E-state index in [9.17, 15) is 10.2 Å². The van der Waals surface area contributed by atoms with Crippen LogP contribution in [-0.4, -0.2) is 10.2 Å². The maximum atomic E-state index is 9.96. The minimum Gasteiger partial charge on any atom is -0.507 e. The average molecular weight is 242 g/mol. The fourth-order valence-corrected chi connectivity index (χ4v) is 2.04. The van der Waals surface area contributed by atoms with Crippen molar-refractivity contribution in [3.05, 3.63) is 47.5 Å². The van der Waals surface area contributed by atoms with Gasteiger partial charge in [-0.25, -0.2) is 0 Å². The average Bonchev–Trinajstić information content (AvgIpc) is 2.40. The van der Waals surface area contributed by atoms with E-state index in [1.807, 2.05) is 24.3 Å². The lowest BCUT2D eigenvalue weighted by Crippen LogP contribution is -1.87. The van der Waals surface area contributed by atoms with Gasteiger partial charge in [-0.1, -0.05) is 26.0 Å². The molecular formula is C16H18O2. The second-order valence-electron chi connectivity index (χ2n) is 4.41. The molecule has 0 aromatic heterocycles. The van der Waals surface area contributed by atoms with Crippen molar-refractivity contribution in [2.45, 2.75) is 26.7 Å². The van der Waals surface area contributed by atoms with Crippen molar-refractivity contribution in [3.8, 4) is 22.6 Å². The van der Waals surface area contributed by atoms with Gasteiger partial charge in [0.2, 0.25) is 0 Å². The first kappa shape index (κ1) is 12.5. The van der Waals surface area contributed by atoms with Gasteiger partial charge in [-0.15, -0.1) is 0 Å². The third-order valence-electron chi connectivity index (χ3n) is 3.23. The molecule has 0 saturated carbocycles. The molecule has 0 amide bonds. The first-order valence-electron chi connectivity index (χ1n) is 6.29. The molecule has 0 unspecified atom stereocenters. The summed E-state index contributed by atoms with van der Waals surface area (Å²) in [5.74, 6) is 0.409. The lowest BCUT2D eigenvalue weighted by molar-refractivity contribution is 0.469. The summed E-state index contributed by atoms with van der Waals surface area (Å²) >= 11 is 0. The van der Waals surface area contributed by atoms with Crippen LogP contribution in [0.4, 0.5) is 0 Å². The summed E-state index contributed by atoms with van der Waals surface area (Å²) in [6, 6.07) is 11.0. The zero-order valence-corrected chi connectivity index (χ0v) is 10.8. The van der Waals surface area contributed by atoms with Gasteiger partial charge in [-0.3, -0.25) is 0 Å². The maximum Gasteiger partial charge on any atom is 0.123 e. The van der Waals surface area contributed by atoms with Gasteiger partial charge >= 0.3 is 0 Å². The number of phenolic OH excluding ortho intramolecular Hbond substituents is 2. The zero-order chi connectivity index (χ0) is 13.1. The van der Waals surface area contributed by atoms with Gasteiger partial charge in [0.05, 0.1) is 0 Å². The Balaban J connectivity index is 2.60. The third kappa shape index (κ3) is 2.33. The van der Waals surface area contributed by atoms with Crippen molar-refractivity contribution in [1.82, 2.24) is 0 Å². The maximum absolute atomic E-state index is 9.96. The number of benzene rings is 2. The van der Waals surface area contributed by atoms with E-state index < -0.39 is 0 Å². The van der Waals surface area contributed by atoms with E-state index in [0.717, 1.165) is 24.0 Å². The molecule has 94 valence electrons. The van der Waals surface area contributed by atoms with Crippen molar-refractivity contribution >= 4 is 0 Å². The SMILES string of the molecule is CCc1ccc(O)c(-c2cc(CC)ccc2O)c1. The Kier molecular flexibility index (Phi) is 3.56. The van der Waals surface area contributed by atoms with Crippen LogP contribution in [-0.2, 0) is 12.8 Å². The number of rotatable bonds is 3. The standard InChI is InChI=1S/C16H18O2/c1-3-11-5-7-15(17)13(9-11)14-10-12(4-2)6-8-16(14)18/h5-10,17-18H,3-4H2,1-2H3. The summed E-state index contributed by atoms with van der Waals surface area (Å²) in [4.78, 5) is 0. The van der Waals surface area contributed by atoms with Crippen LogP contribution >= 0.6 is 0 Å². The first-order valence-corrected chi connectivity index (χ1v) is 6.29. The fourth-order valence-electron chi connectivity index (χ4n) is 2.04. The van der Waals surface area contributed by atoms with Crippen molar-refractivity contribution in [1.29, 1.82) is 0 Å². The molecule has 0 aliphatic heterocycles. The van der Waals surface area contributed by atoms with Gasteiger partial charge < -0.3 is 10.2 Å². The summed E-state index contributed by atoms with van der Waals surface area (Å²) in [6.45, 7) is 4.14. The molecule has 2 nitrogen and oxygen atoms in total. The van der Waals surface area contributed by atoms with Crippen LogP contribution in [0.15, 0.2) is 36.4 Å². The van der Waals surface area contributed by atoms with Gasteiger partial charge in [0.1, 0.15) is 11.5 Å². The van der Waals surface area contributed by atoms with Crippen molar-refractivity contribution in [3.63, 3.8) is 0 Å². The van der Waals surface area contributed by atoms with Crippen LogP contribution in [0.2, 0.25) is 0 Å². The zero-order valence-electron chi connectivity index (χ0n) is 10.8. The Labute approximate surface area is 108 Å². The molecule has 0 aliphatic carbocycles. The quantitative estimate of drug-likeness (QED) is 0.857. The molecule has 0 fully saturated rings. The molecule has 18 heavy (non-hydrogen) atoms. The van der Waals surface area contributed by atoms with Crippen molar-refractivity contribution in [2.75, 3.05) is 0 Å². The molecular weight excluding hydrogens is 224 g/mol. The van der Waals surface area contributed by atoms with E-state index >= 15 is 0 Å². The number of hydrogen-bond donors (Lipinski definition) is 2. The summed E-state index contributed by atoms with van der Waals surface area (Å²) < 4.78 is 0. The van der Waals surface area contributed by atoms with Gasteiger partial charge in [-0.2, -0.15) is 0 Å². The summed E-state index contributed by atoms with van der Waals surface area (Å²) in [7, 11) is 0. The molecule has 2 aromatic carbocycles. The topological polar surface area (TPSA) is 40.5 Å². The highest BCUT2D eigenvalue weighted by Crippen LogP contribution is 2.36. The lowest BCUT2D eigenvalue weighted by Gasteiger charge is -2.10. The highest BCUT2D eigenvalue weighted by Gasteiger charge is 2.10. The highest BCUT2D eigenvalue weighted by molar-refractivity contribution is 5.76. The van der Waals surface area contributed by atoms with Gasteiger partial charge in [0.25, 0.3) is 0 Å². The van der Waals surface area contributed by atoms with E-state index in [-0.39, 0.29) is 11.5 Å². The molecule has 2 heteroatoms. The predicted octanol–water partition coefficient (Wildman–Crippen LogP) is 3.89. The van der Waals surface area contributed by atoms with E-state index in [0.29, 0.717) is 11.1 Å². The molecule has 0 radical (unpaired) electrons. The largest absolute Gasteiger partial charge is 0.507 e. The van der Waals surface area contributed by atoms with E-state index in [2.05, 4.69) is 13.8 Å². The molecule has 0 atom stereocenters. The normalized spacial score (nSPS) is 10.6. The number of aryl methyl sites for hydroxylation is 2. The van der Waals surface area contributed by atoms with E-state index in [1.165, 1.54) is 0 Å². The first-order chi connectivity index (χ1) is 8.65. The Bertz CT molecular complexity index is 508. The summed E-state index contributed by atoms with van der Waals surface area (Å²) in [6.07, 6.45) is 1.81. The minimum atomic E-state index is 0.204. The number of aromatic hydroxyl groups is 2. The fraction of sp³-hybridized carbons (Fsp3) is 0.250. The second kappa shape index (κ2) is 5.13. The number of phenols is 2. The summed E-state index contributed by atoms with van der Waals surface area (Å²) in [5, 5.41) is 19.9. The monoisotopic (exact) mass is 242 g/mol. The molecule has 0 saturated heterocycles. The highest BCUT2D eigenvalue weighted by atomic mass is 16.3. The van der Waals surface area contributed by atoms with E-state index in [1.54, 1.807) is 12.1 Å². The van der Waals surface area contributed by atoms with Gasteiger partial charge in [0, 0.05) is 11.1 Å². The van der Waals surface area contributed by atoms with Crippen LogP contribution in [0.5, 0.6) is 11.5 Å². The molecule has 2 rings (SSSR count). The smallest absolute Gasteiger partial charge is 0.123 e. The molecule has 0 spiro atoms. The second-order valence-corrected chi connectivity index (χ2v) is 4.41. The van der Waals surface area contributed by atoms with E-state index in [4.69, 9.17) is 0 Å². The molecule has 0 aliphatic rings. The van der Waals surface area contributed by atoms with Crippen LogP contribution in [0.1, 0.15) is 25.0 Å². The molecule has 0 bridgehead atoms. The van der Waals surface area contributed by atoms with Crippen molar-refractivity contribution < 1.29 is 10.2 Å². The van der Waals surface area contributed by atoms with Crippen LogP contribution in [0, 0.1) is 0 Å². The summed E-state index contributed by atoms with van der Waals surface area (Å²) in [5.41, 5.74) is 3.68. The van der Waals surface area contributed by atoms with Gasteiger partial charge in [-0.05, 0) is 48.2 Å². The van der Waals surface area contributed by atoms with Crippen LogP contribution in [0.25, 0.3) is 11.1 Å². The Morgan fingerprint density at radius 3 is 1.44 bits per heavy atom. The van der Waals surface area contributed by atoms with Crippen molar-refractivity contribution in [2.24, 2.45) is 0 Å². The molecule has 0 heterocycles. The minimum absolute atomic E-state index is 0.204. The predicted molar refractivity (Wildman–Crippen MR) is 74.0 cm³/mol. The van der Waals surface area contributed by atoms with Gasteiger partial charge in [0.15, 0.2) is 0 Å². The lowest BCUT2D eigenvalue weighted by atomic mass is 9.98. The number of hydrogen-bond acceptors (Lipinski definition) is 2. The van der Waals surface area contributed by atoms with Crippen LogP contribution in [0.3, 0.4) is 0 Å². The Morgan fingerprint density at radius 1 is 0.722 bits per heavy atom. The third-order valence-corrected chi connectivity index (χ3v) is 3.23. The molecule has 2 aromatic rings. The van der Waals surface area contributed by atoms with Crippen LogP contribution < -0.4 is 0 Å².